The molecule has 0 saturated heterocycles. The van der Waals surface area contributed by atoms with Crippen molar-refractivity contribution in [1.82, 2.24) is 4.90 Å². The van der Waals surface area contributed by atoms with Crippen LogP contribution in [0, 0.1) is 0 Å². The van der Waals surface area contributed by atoms with Crippen molar-refractivity contribution >= 4 is 0 Å². The highest BCUT2D eigenvalue weighted by Crippen LogP contribution is 2.11. The molecule has 0 aliphatic heterocycles. The SMILES string of the molecule is CN(Cc1ccccc1)C(C)(C)O. The molecule has 0 aromatic heterocycles. The molecule has 2 heteroatoms. The predicted octanol–water partition coefficient (Wildman–Crippen LogP) is 1.85. The molecule has 1 aromatic rings. The molecular formula is C11H17NO. The van der Waals surface area contributed by atoms with E-state index in [0.29, 0.717) is 0 Å². The summed E-state index contributed by atoms with van der Waals surface area (Å²) in [5.41, 5.74) is 0.461. The van der Waals surface area contributed by atoms with Crippen LogP contribution in [-0.4, -0.2) is 22.8 Å². The molecule has 0 radical (unpaired) electrons. The van der Waals surface area contributed by atoms with Gasteiger partial charge in [-0.3, -0.25) is 4.90 Å². The molecule has 0 saturated carbocycles. The van der Waals surface area contributed by atoms with Gasteiger partial charge in [0.2, 0.25) is 0 Å². The van der Waals surface area contributed by atoms with Gasteiger partial charge in [-0.1, -0.05) is 30.3 Å². The van der Waals surface area contributed by atoms with Gasteiger partial charge in [0, 0.05) is 6.54 Å². The van der Waals surface area contributed by atoms with Crippen LogP contribution in [0.1, 0.15) is 19.4 Å². The minimum Gasteiger partial charge on any atom is -0.376 e. The Bertz CT molecular complexity index is 251. The van der Waals surface area contributed by atoms with Gasteiger partial charge < -0.3 is 5.11 Å². The van der Waals surface area contributed by atoms with Crippen LogP contribution in [0.3, 0.4) is 0 Å². The van der Waals surface area contributed by atoms with E-state index in [-0.39, 0.29) is 0 Å². The first-order chi connectivity index (χ1) is 6.00. The van der Waals surface area contributed by atoms with Crippen LogP contribution in [0.25, 0.3) is 0 Å². The van der Waals surface area contributed by atoms with Crippen LogP contribution >= 0.6 is 0 Å². The lowest BCUT2D eigenvalue weighted by Gasteiger charge is -2.30. The van der Waals surface area contributed by atoms with E-state index in [2.05, 4.69) is 12.1 Å². The topological polar surface area (TPSA) is 23.5 Å². The monoisotopic (exact) mass is 179 g/mol. The van der Waals surface area contributed by atoms with Crippen LogP contribution in [0.4, 0.5) is 0 Å². The molecule has 0 amide bonds. The Morgan fingerprint density at radius 2 is 1.77 bits per heavy atom. The molecule has 1 N–H and O–H groups in total. The minimum absolute atomic E-state index is 0.754. The van der Waals surface area contributed by atoms with Gasteiger partial charge in [-0.15, -0.1) is 0 Å². The molecule has 0 heterocycles. The third-order valence-electron chi connectivity index (χ3n) is 2.20. The Hall–Kier alpha value is -0.860. The zero-order chi connectivity index (χ0) is 9.90. The second-order valence-electron chi connectivity index (χ2n) is 3.84. The van der Waals surface area contributed by atoms with E-state index in [9.17, 15) is 5.11 Å². The molecule has 2 nitrogen and oxygen atoms in total. The van der Waals surface area contributed by atoms with E-state index in [1.165, 1.54) is 5.56 Å². The maximum atomic E-state index is 9.67. The van der Waals surface area contributed by atoms with Crippen molar-refractivity contribution in [3.63, 3.8) is 0 Å². The summed E-state index contributed by atoms with van der Waals surface area (Å²) in [6, 6.07) is 10.1. The van der Waals surface area contributed by atoms with Crippen molar-refractivity contribution in [3.8, 4) is 0 Å². The summed E-state index contributed by atoms with van der Waals surface area (Å²) in [4.78, 5) is 1.91. The Morgan fingerprint density at radius 1 is 1.23 bits per heavy atom. The molecule has 1 rings (SSSR count). The number of aliphatic hydroxyl groups is 1. The van der Waals surface area contributed by atoms with Crippen LogP contribution in [0.2, 0.25) is 0 Å². The van der Waals surface area contributed by atoms with Gasteiger partial charge in [0.25, 0.3) is 0 Å². The van der Waals surface area contributed by atoms with Crippen molar-refractivity contribution in [3.05, 3.63) is 35.9 Å². The highest BCUT2D eigenvalue weighted by Gasteiger charge is 2.18. The normalized spacial score (nSPS) is 12.1. The molecule has 0 fully saturated rings. The molecule has 13 heavy (non-hydrogen) atoms. The third kappa shape index (κ3) is 3.17. The van der Waals surface area contributed by atoms with E-state index in [4.69, 9.17) is 0 Å². The standard InChI is InChI=1S/C11H17NO/c1-11(2,13)12(3)9-10-7-5-4-6-8-10/h4-8,13H,9H2,1-3H3. The number of hydrogen-bond acceptors (Lipinski definition) is 2. The summed E-state index contributed by atoms with van der Waals surface area (Å²) in [5, 5.41) is 9.67. The fourth-order valence-electron chi connectivity index (χ4n) is 1.05. The van der Waals surface area contributed by atoms with Crippen molar-refractivity contribution in [2.75, 3.05) is 7.05 Å². The predicted molar refractivity (Wildman–Crippen MR) is 54.2 cm³/mol. The first kappa shape index (κ1) is 10.2. The molecule has 0 bridgehead atoms. The maximum absolute atomic E-state index is 9.67. The maximum Gasteiger partial charge on any atom is 0.112 e. The van der Waals surface area contributed by atoms with Gasteiger partial charge >= 0.3 is 0 Å². The summed E-state index contributed by atoms with van der Waals surface area (Å²) in [5.74, 6) is 0. The third-order valence-corrected chi connectivity index (χ3v) is 2.20. The van der Waals surface area contributed by atoms with Gasteiger partial charge in [0.05, 0.1) is 0 Å². The first-order valence-electron chi connectivity index (χ1n) is 4.47. The van der Waals surface area contributed by atoms with E-state index >= 15 is 0 Å². The molecule has 0 unspecified atom stereocenters. The quantitative estimate of drug-likeness (QED) is 0.716. The van der Waals surface area contributed by atoms with Crippen LogP contribution in [-0.2, 0) is 6.54 Å². The van der Waals surface area contributed by atoms with Gasteiger partial charge in [-0.2, -0.15) is 0 Å². The van der Waals surface area contributed by atoms with Crippen LogP contribution in [0.5, 0.6) is 0 Å². The number of rotatable bonds is 3. The Balaban J connectivity index is 2.61. The average molecular weight is 179 g/mol. The Labute approximate surface area is 79.8 Å². The Morgan fingerprint density at radius 3 is 2.23 bits per heavy atom. The lowest BCUT2D eigenvalue weighted by Crippen LogP contribution is -2.40. The van der Waals surface area contributed by atoms with Gasteiger partial charge in [0.1, 0.15) is 5.72 Å². The molecule has 0 aliphatic rings. The molecule has 1 aromatic carbocycles. The van der Waals surface area contributed by atoms with Gasteiger partial charge in [0.15, 0.2) is 0 Å². The lowest BCUT2D eigenvalue weighted by molar-refractivity contribution is -0.0679. The number of benzene rings is 1. The van der Waals surface area contributed by atoms with Crippen LogP contribution in [0.15, 0.2) is 30.3 Å². The largest absolute Gasteiger partial charge is 0.376 e. The lowest BCUT2D eigenvalue weighted by atomic mass is 10.2. The fourth-order valence-corrected chi connectivity index (χ4v) is 1.05. The second-order valence-corrected chi connectivity index (χ2v) is 3.84. The van der Waals surface area contributed by atoms with Crippen molar-refractivity contribution in [2.24, 2.45) is 0 Å². The zero-order valence-electron chi connectivity index (χ0n) is 8.49. The fraction of sp³-hybridized carbons (Fsp3) is 0.455. The molecular weight excluding hydrogens is 162 g/mol. The minimum atomic E-state index is -0.754. The summed E-state index contributed by atoms with van der Waals surface area (Å²) < 4.78 is 0. The zero-order valence-corrected chi connectivity index (χ0v) is 8.49. The second kappa shape index (κ2) is 3.90. The Kier molecular flexibility index (Phi) is 3.07. The number of nitrogens with zero attached hydrogens (tertiary/aromatic N) is 1. The summed E-state index contributed by atoms with van der Waals surface area (Å²) in [6.07, 6.45) is 0. The van der Waals surface area contributed by atoms with E-state index < -0.39 is 5.72 Å². The van der Waals surface area contributed by atoms with Gasteiger partial charge in [-0.05, 0) is 26.5 Å². The van der Waals surface area contributed by atoms with E-state index in [1.54, 1.807) is 13.8 Å². The van der Waals surface area contributed by atoms with E-state index in [0.717, 1.165) is 6.54 Å². The average Bonchev–Trinajstić information content (AvgIpc) is 2.04. The molecule has 0 spiro atoms. The number of hydrogen-bond donors (Lipinski definition) is 1. The highest BCUT2D eigenvalue weighted by atomic mass is 16.3. The van der Waals surface area contributed by atoms with E-state index in [1.807, 2.05) is 30.1 Å². The summed E-state index contributed by atoms with van der Waals surface area (Å²) in [6.45, 7) is 4.34. The molecule has 0 aliphatic carbocycles. The van der Waals surface area contributed by atoms with Crippen LogP contribution < -0.4 is 0 Å². The van der Waals surface area contributed by atoms with Gasteiger partial charge in [-0.25, -0.2) is 0 Å². The summed E-state index contributed by atoms with van der Waals surface area (Å²) in [7, 11) is 1.91. The van der Waals surface area contributed by atoms with Crippen molar-refractivity contribution < 1.29 is 5.11 Å². The molecule has 72 valence electrons. The van der Waals surface area contributed by atoms with Crippen molar-refractivity contribution in [1.29, 1.82) is 0 Å². The summed E-state index contributed by atoms with van der Waals surface area (Å²) >= 11 is 0. The smallest absolute Gasteiger partial charge is 0.112 e. The van der Waals surface area contributed by atoms with Crippen molar-refractivity contribution in [2.45, 2.75) is 26.1 Å². The molecule has 0 atom stereocenters. The first-order valence-corrected chi connectivity index (χ1v) is 4.47. The highest BCUT2D eigenvalue weighted by molar-refractivity contribution is 5.14.